The van der Waals surface area contributed by atoms with Crippen molar-refractivity contribution in [3.05, 3.63) is 52.1 Å². The molecule has 2 aromatic rings. The lowest BCUT2D eigenvalue weighted by Gasteiger charge is -2.15. The third kappa shape index (κ3) is 4.17. The van der Waals surface area contributed by atoms with Gasteiger partial charge in [-0.3, -0.25) is 14.9 Å². The van der Waals surface area contributed by atoms with Crippen molar-refractivity contribution in [2.75, 3.05) is 26.6 Å². The number of hydrogen-bond acceptors (Lipinski definition) is 6. The molecule has 132 valence electrons. The Bertz CT molecular complexity index is 773. The number of methoxy groups -OCH3 is 3. The molecule has 0 aliphatic rings. The van der Waals surface area contributed by atoms with Crippen LogP contribution in [0.1, 0.15) is 5.56 Å². The average molecular weight is 346 g/mol. The minimum atomic E-state index is -0.500. The summed E-state index contributed by atoms with van der Waals surface area (Å²) in [4.78, 5) is 22.4. The summed E-state index contributed by atoms with van der Waals surface area (Å²) in [6.45, 7) is 0. The van der Waals surface area contributed by atoms with Crippen LogP contribution in [0.2, 0.25) is 0 Å². The Morgan fingerprint density at radius 1 is 1.00 bits per heavy atom. The van der Waals surface area contributed by atoms with Crippen molar-refractivity contribution in [1.82, 2.24) is 0 Å². The molecule has 0 radical (unpaired) electrons. The van der Waals surface area contributed by atoms with Crippen LogP contribution in [0, 0.1) is 10.1 Å². The van der Waals surface area contributed by atoms with E-state index >= 15 is 0 Å². The van der Waals surface area contributed by atoms with Gasteiger partial charge in [0.05, 0.1) is 32.7 Å². The van der Waals surface area contributed by atoms with Crippen LogP contribution < -0.4 is 19.5 Å². The molecule has 1 N–H and O–H groups in total. The number of ether oxygens (including phenoxy) is 3. The highest BCUT2D eigenvalue weighted by molar-refractivity contribution is 5.93. The number of non-ortho nitro benzene ring substituents is 1. The van der Waals surface area contributed by atoms with Gasteiger partial charge in [-0.2, -0.15) is 0 Å². The van der Waals surface area contributed by atoms with E-state index < -0.39 is 4.92 Å². The van der Waals surface area contributed by atoms with E-state index in [0.29, 0.717) is 28.5 Å². The first-order valence-electron chi connectivity index (χ1n) is 7.32. The fraction of sp³-hybridized carbons (Fsp3) is 0.235. The minimum absolute atomic E-state index is 0.0421. The molecule has 1 amide bonds. The molecule has 0 heterocycles. The summed E-state index contributed by atoms with van der Waals surface area (Å²) in [7, 11) is 4.48. The lowest BCUT2D eigenvalue weighted by molar-refractivity contribution is -0.384. The molecule has 0 fully saturated rings. The van der Waals surface area contributed by atoms with Crippen molar-refractivity contribution in [2.45, 2.75) is 6.42 Å². The predicted molar refractivity (Wildman–Crippen MR) is 91.5 cm³/mol. The van der Waals surface area contributed by atoms with Crippen LogP contribution in [0.25, 0.3) is 0 Å². The largest absolute Gasteiger partial charge is 0.493 e. The van der Waals surface area contributed by atoms with E-state index in [1.54, 1.807) is 12.1 Å². The molecule has 8 nitrogen and oxygen atoms in total. The normalized spacial score (nSPS) is 10.0. The molecule has 0 spiro atoms. The highest BCUT2D eigenvalue weighted by Gasteiger charge is 2.18. The quantitative estimate of drug-likeness (QED) is 0.611. The summed E-state index contributed by atoms with van der Waals surface area (Å²) < 4.78 is 15.8. The Labute approximate surface area is 144 Å². The number of anilines is 1. The second-order valence-corrected chi connectivity index (χ2v) is 5.02. The third-order valence-corrected chi connectivity index (χ3v) is 3.50. The summed E-state index contributed by atoms with van der Waals surface area (Å²) in [6, 6.07) is 9.01. The molecule has 0 atom stereocenters. The number of hydrogen-bond donors (Lipinski definition) is 1. The lowest BCUT2D eigenvalue weighted by atomic mass is 10.1. The van der Waals surface area contributed by atoms with Crippen LogP contribution in [0.5, 0.6) is 17.2 Å². The van der Waals surface area contributed by atoms with Gasteiger partial charge in [0.2, 0.25) is 11.7 Å². The Morgan fingerprint density at radius 3 is 2.16 bits per heavy atom. The maximum atomic E-state index is 12.3. The van der Waals surface area contributed by atoms with E-state index in [0.717, 1.165) is 0 Å². The third-order valence-electron chi connectivity index (χ3n) is 3.50. The maximum Gasteiger partial charge on any atom is 0.269 e. The highest BCUT2D eigenvalue weighted by Crippen LogP contribution is 2.39. The number of carbonyl (C=O) groups excluding carboxylic acids is 1. The fourth-order valence-corrected chi connectivity index (χ4v) is 2.35. The van der Waals surface area contributed by atoms with E-state index in [1.165, 1.54) is 45.6 Å². The molecule has 8 heteroatoms. The van der Waals surface area contributed by atoms with Crippen molar-refractivity contribution < 1.29 is 23.9 Å². The molecule has 0 bridgehead atoms. The van der Waals surface area contributed by atoms with E-state index in [-0.39, 0.29) is 18.0 Å². The van der Waals surface area contributed by atoms with Gasteiger partial charge in [0.15, 0.2) is 11.5 Å². The monoisotopic (exact) mass is 346 g/mol. The van der Waals surface area contributed by atoms with Crippen molar-refractivity contribution >= 4 is 17.3 Å². The molecule has 0 aliphatic heterocycles. The Balaban J connectivity index is 2.16. The molecule has 0 aliphatic carbocycles. The molecule has 2 aromatic carbocycles. The van der Waals surface area contributed by atoms with Gasteiger partial charge >= 0.3 is 0 Å². The summed E-state index contributed by atoms with van der Waals surface area (Å²) in [6.07, 6.45) is 0.0422. The SMILES string of the molecule is COc1ccc(CC(=O)Nc2ccc([N+](=O)[O-])cc2)c(OC)c1OC. The van der Waals surface area contributed by atoms with Gasteiger partial charge in [-0.25, -0.2) is 0 Å². The van der Waals surface area contributed by atoms with Crippen LogP contribution in [0.4, 0.5) is 11.4 Å². The van der Waals surface area contributed by atoms with Crippen LogP contribution in [-0.2, 0) is 11.2 Å². The Hall–Kier alpha value is -3.29. The summed E-state index contributed by atoms with van der Waals surface area (Å²) in [5.74, 6) is 1.03. The van der Waals surface area contributed by atoms with E-state index in [9.17, 15) is 14.9 Å². The number of carbonyl (C=O) groups is 1. The van der Waals surface area contributed by atoms with Gasteiger partial charge in [0, 0.05) is 23.4 Å². The molecular weight excluding hydrogens is 328 g/mol. The van der Waals surface area contributed by atoms with Crippen LogP contribution in [0.3, 0.4) is 0 Å². The number of rotatable bonds is 7. The molecule has 0 aromatic heterocycles. The van der Waals surface area contributed by atoms with Gasteiger partial charge in [0.1, 0.15) is 0 Å². The zero-order valence-electron chi connectivity index (χ0n) is 14.1. The van der Waals surface area contributed by atoms with Crippen LogP contribution in [0.15, 0.2) is 36.4 Å². The molecule has 0 saturated carbocycles. The van der Waals surface area contributed by atoms with Crippen molar-refractivity contribution in [2.24, 2.45) is 0 Å². The predicted octanol–water partition coefficient (Wildman–Crippen LogP) is 2.80. The zero-order valence-corrected chi connectivity index (χ0v) is 14.1. The van der Waals surface area contributed by atoms with Gasteiger partial charge in [-0.1, -0.05) is 6.07 Å². The van der Waals surface area contributed by atoms with Crippen molar-refractivity contribution in [1.29, 1.82) is 0 Å². The fourth-order valence-electron chi connectivity index (χ4n) is 2.35. The first-order valence-corrected chi connectivity index (χ1v) is 7.32. The van der Waals surface area contributed by atoms with E-state index in [2.05, 4.69) is 5.32 Å². The minimum Gasteiger partial charge on any atom is -0.493 e. The zero-order chi connectivity index (χ0) is 18.4. The molecule has 0 unspecified atom stereocenters. The number of nitro groups is 1. The van der Waals surface area contributed by atoms with Gasteiger partial charge in [-0.05, 0) is 18.2 Å². The molecule has 25 heavy (non-hydrogen) atoms. The van der Waals surface area contributed by atoms with Crippen LogP contribution >= 0.6 is 0 Å². The van der Waals surface area contributed by atoms with Crippen molar-refractivity contribution in [3.8, 4) is 17.2 Å². The number of nitrogens with one attached hydrogen (secondary N) is 1. The Morgan fingerprint density at radius 2 is 1.64 bits per heavy atom. The lowest BCUT2D eigenvalue weighted by Crippen LogP contribution is -2.15. The molecular formula is C17H18N2O6. The standard InChI is InChI=1S/C17H18N2O6/c1-23-14-9-4-11(16(24-2)17(14)25-3)10-15(20)18-12-5-7-13(8-6-12)19(21)22/h4-9H,10H2,1-3H3,(H,18,20). The molecule has 0 saturated heterocycles. The smallest absolute Gasteiger partial charge is 0.269 e. The van der Waals surface area contributed by atoms with Gasteiger partial charge in [-0.15, -0.1) is 0 Å². The maximum absolute atomic E-state index is 12.3. The molecule has 2 rings (SSSR count). The summed E-state index contributed by atoms with van der Waals surface area (Å²) in [5.41, 5.74) is 1.05. The summed E-state index contributed by atoms with van der Waals surface area (Å²) >= 11 is 0. The highest BCUT2D eigenvalue weighted by atomic mass is 16.6. The second-order valence-electron chi connectivity index (χ2n) is 5.02. The number of nitrogens with zero attached hydrogens (tertiary/aromatic N) is 1. The van der Waals surface area contributed by atoms with Crippen molar-refractivity contribution in [3.63, 3.8) is 0 Å². The van der Waals surface area contributed by atoms with Crippen LogP contribution in [-0.4, -0.2) is 32.2 Å². The van der Waals surface area contributed by atoms with E-state index in [1.807, 2.05) is 0 Å². The number of benzene rings is 2. The Kier molecular flexibility index (Phi) is 5.78. The van der Waals surface area contributed by atoms with E-state index in [4.69, 9.17) is 14.2 Å². The summed E-state index contributed by atoms with van der Waals surface area (Å²) in [5, 5.41) is 13.3. The number of amides is 1. The van der Waals surface area contributed by atoms with Gasteiger partial charge < -0.3 is 19.5 Å². The first-order chi connectivity index (χ1) is 12.0. The average Bonchev–Trinajstić information content (AvgIpc) is 2.61. The van der Waals surface area contributed by atoms with Gasteiger partial charge in [0.25, 0.3) is 5.69 Å². The topological polar surface area (TPSA) is 99.9 Å². The second kappa shape index (κ2) is 8.00. The first kappa shape index (κ1) is 18.1. The number of nitro benzene ring substituents is 1.